The summed E-state index contributed by atoms with van der Waals surface area (Å²) in [7, 11) is -8.13. The van der Waals surface area contributed by atoms with E-state index in [1.54, 1.807) is 6.92 Å². The van der Waals surface area contributed by atoms with Gasteiger partial charge in [0.25, 0.3) is 26.1 Å². The lowest BCUT2D eigenvalue weighted by Crippen LogP contribution is -2.33. The minimum absolute atomic E-state index is 0.0341. The Morgan fingerprint density at radius 1 is 0.917 bits per heavy atom. The first-order valence-electron chi connectivity index (χ1n) is 13.2. The molecule has 0 aliphatic carbocycles. The van der Waals surface area contributed by atoms with Gasteiger partial charge in [-0.05, 0) is 66.4 Å². The molecule has 0 radical (unpaired) electrons. The van der Waals surface area contributed by atoms with Gasteiger partial charge >= 0.3 is 5.97 Å². The van der Waals surface area contributed by atoms with Crippen LogP contribution in [0.5, 0.6) is 17.2 Å². The number of hydrogen-bond donors (Lipinski definition) is 5. The molecule has 0 aromatic heterocycles. The number of carboxylic acids is 1. The standard InChI is InChI=1S/C28H22N6O12S2/c1-13-9-20(35)19(12-21(13)46-2)30-31-23-22(48(43,44)45)10-14-3-4-15(11-18(14)26(23)36)29-32-24-25(28(38)39)33-34(27(24)37)16-5-7-17(8-6-16)47(40,41)42/h3-12,24,35-36H,1-2H3,(H,38,39)(H,40,41,42)(H,43,44,45). The number of amides is 1. The van der Waals surface area contributed by atoms with Gasteiger partial charge in [-0.15, -0.1) is 10.2 Å². The molecular formula is C28H22N6O12S2. The van der Waals surface area contributed by atoms with E-state index in [0.29, 0.717) is 16.3 Å². The number of azo groups is 2. The number of hydrazone groups is 1. The van der Waals surface area contributed by atoms with Gasteiger partial charge in [-0.1, -0.05) is 6.07 Å². The lowest BCUT2D eigenvalue weighted by molar-refractivity contribution is -0.130. The summed E-state index contributed by atoms with van der Waals surface area (Å²) >= 11 is 0. The molecule has 0 bridgehead atoms. The van der Waals surface area contributed by atoms with Crippen LogP contribution < -0.4 is 9.75 Å². The summed E-state index contributed by atoms with van der Waals surface area (Å²) < 4.78 is 71.3. The molecule has 1 amide bonds. The maximum Gasteiger partial charge on any atom is 0.355 e. The molecule has 20 heteroatoms. The van der Waals surface area contributed by atoms with Crippen molar-refractivity contribution in [3.63, 3.8) is 0 Å². The van der Waals surface area contributed by atoms with E-state index in [-0.39, 0.29) is 33.6 Å². The van der Waals surface area contributed by atoms with Crippen LogP contribution in [0.4, 0.5) is 22.7 Å². The Morgan fingerprint density at radius 2 is 1.60 bits per heavy atom. The Labute approximate surface area is 270 Å². The number of fused-ring (bicyclic) bond motifs is 1. The van der Waals surface area contributed by atoms with Gasteiger partial charge in [-0.2, -0.15) is 37.2 Å². The van der Waals surface area contributed by atoms with Gasteiger partial charge < -0.3 is 20.1 Å². The number of methoxy groups -OCH3 is 1. The number of aromatic hydroxyl groups is 2. The summed E-state index contributed by atoms with van der Waals surface area (Å²) in [5, 5.41) is 50.8. The highest BCUT2D eigenvalue weighted by Crippen LogP contribution is 2.43. The average Bonchev–Trinajstić information content (AvgIpc) is 3.35. The number of nitrogens with zero attached hydrogens (tertiary/aromatic N) is 6. The van der Waals surface area contributed by atoms with Crippen molar-refractivity contribution in [1.29, 1.82) is 0 Å². The molecule has 0 saturated carbocycles. The van der Waals surface area contributed by atoms with Crippen LogP contribution in [-0.2, 0) is 29.8 Å². The largest absolute Gasteiger partial charge is 0.506 e. The van der Waals surface area contributed by atoms with Crippen molar-refractivity contribution in [3.8, 4) is 17.2 Å². The predicted octanol–water partition coefficient (Wildman–Crippen LogP) is 4.42. The van der Waals surface area contributed by atoms with E-state index in [1.807, 2.05) is 0 Å². The molecule has 0 fully saturated rings. The first kappa shape index (κ1) is 33.5. The molecule has 4 aromatic rings. The first-order chi connectivity index (χ1) is 22.5. The Bertz CT molecular complexity index is 2320. The second kappa shape index (κ2) is 12.4. The third-order valence-corrected chi connectivity index (χ3v) is 8.60. The molecule has 4 aromatic carbocycles. The molecule has 0 spiro atoms. The van der Waals surface area contributed by atoms with Crippen molar-refractivity contribution in [2.45, 2.75) is 22.8 Å². The van der Waals surface area contributed by atoms with Crippen molar-refractivity contribution < 1.29 is 55.6 Å². The molecule has 48 heavy (non-hydrogen) atoms. The van der Waals surface area contributed by atoms with Gasteiger partial charge in [-0.25, -0.2) is 4.79 Å². The van der Waals surface area contributed by atoms with E-state index in [2.05, 4.69) is 25.6 Å². The van der Waals surface area contributed by atoms with Crippen molar-refractivity contribution in [3.05, 3.63) is 66.2 Å². The Balaban J connectivity index is 1.52. The lowest BCUT2D eigenvalue weighted by Gasteiger charge is -2.12. The molecule has 248 valence electrons. The number of rotatable bonds is 9. The minimum Gasteiger partial charge on any atom is -0.506 e. The number of carboxylic acid groups (broad SMARTS) is 1. The second-order valence-electron chi connectivity index (χ2n) is 9.99. The number of phenols is 2. The molecular weight excluding hydrogens is 676 g/mol. The van der Waals surface area contributed by atoms with Crippen LogP contribution in [0.15, 0.2) is 96.0 Å². The Morgan fingerprint density at radius 3 is 2.21 bits per heavy atom. The SMILES string of the molecule is COc1cc(N=Nc2c(S(=O)(=O)O)cc3ccc(N=NC4C(=O)N(c5ccc(S(=O)(=O)O)cc5)N=C4C(=O)O)cc3c2O)c(O)cc1C. The van der Waals surface area contributed by atoms with Crippen LogP contribution in [0.1, 0.15) is 5.56 Å². The van der Waals surface area contributed by atoms with Gasteiger partial charge in [0.1, 0.15) is 27.8 Å². The highest BCUT2D eigenvalue weighted by atomic mass is 32.2. The molecule has 1 unspecified atom stereocenters. The van der Waals surface area contributed by atoms with E-state index in [4.69, 9.17) is 4.74 Å². The van der Waals surface area contributed by atoms with Gasteiger partial charge in [-0.3, -0.25) is 13.9 Å². The van der Waals surface area contributed by atoms with Crippen molar-refractivity contribution in [1.82, 2.24) is 0 Å². The second-order valence-corrected chi connectivity index (χ2v) is 12.8. The summed E-state index contributed by atoms with van der Waals surface area (Å²) in [4.78, 5) is 23.7. The third-order valence-electron chi connectivity index (χ3n) is 6.86. The Hall–Kier alpha value is -5.83. The smallest absolute Gasteiger partial charge is 0.355 e. The van der Waals surface area contributed by atoms with Crippen molar-refractivity contribution >= 4 is 71.3 Å². The van der Waals surface area contributed by atoms with Gasteiger partial charge in [0.2, 0.25) is 6.04 Å². The van der Waals surface area contributed by atoms with Gasteiger partial charge in [0, 0.05) is 11.5 Å². The summed E-state index contributed by atoms with van der Waals surface area (Å²) in [5.41, 5.74) is -1.09. The van der Waals surface area contributed by atoms with E-state index in [9.17, 15) is 50.8 Å². The highest BCUT2D eigenvalue weighted by Gasteiger charge is 2.41. The molecule has 1 aliphatic rings. The topological polar surface area (TPSA) is 278 Å². The number of phenolic OH excluding ortho intramolecular Hbond substituents is 2. The number of aliphatic carboxylic acids is 1. The van der Waals surface area contributed by atoms with Crippen LogP contribution in [0.25, 0.3) is 10.8 Å². The number of anilines is 1. The highest BCUT2D eigenvalue weighted by molar-refractivity contribution is 7.86. The summed E-state index contributed by atoms with van der Waals surface area (Å²) in [6, 6.07) is 9.85. The van der Waals surface area contributed by atoms with Crippen molar-refractivity contribution in [2.24, 2.45) is 25.6 Å². The summed E-state index contributed by atoms with van der Waals surface area (Å²) in [6.07, 6.45) is 0. The zero-order valence-electron chi connectivity index (χ0n) is 24.4. The zero-order valence-corrected chi connectivity index (χ0v) is 26.1. The molecule has 1 aliphatic heterocycles. The maximum absolute atomic E-state index is 13.1. The minimum atomic E-state index is -4.97. The molecule has 18 nitrogen and oxygen atoms in total. The van der Waals surface area contributed by atoms with Crippen LogP contribution >= 0.6 is 0 Å². The fourth-order valence-electron chi connectivity index (χ4n) is 4.53. The quantitative estimate of drug-likeness (QED) is 0.120. The van der Waals surface area contributed by atoms with Crippen LogP contribution in [0, 0.1) is 6.92 Å². The molecule has 0 saturated heterocycles. The molecule has 5 rings (SSSR count). The summed E-state index contributed by atoms with van der Waals surface area (Å²) in [6.45, 7) is 1.65. The number of carbonyl (C=O) groups excluding carboxylic acids is 1. The van der Waals surface area contributed by atoms with Crippen molar-refractivity contribution in [2.75, 3.05) is 12.1 Å². The summed E-state index contributed by atoms with van der Waals surface area (Å²) in [5.74, 6) is -3.36. The predicted molar refractivity (Wildman–Crippen MR) is 166 cm³/mol. The maximum atomic E-state index is 13.1. The number of benzene rings is 4. The fourth-order valence-corrected chi connectivity index (χ4v) is 5.67. The molecule has 1 atom stereocenters. The first-order valence-corrected chi connectivity index (χ1v) is 16.1. The van der Waals surface area contributed by atoms with E-state index < -0.39 is 65.1 Å². The normalized spacial score (nSPS) is 15.5. The monoisotopic (exact) mass is 698 g/mol. The fraction of sp³-hybridized carbons (Fsp3) is 0.107. The number of hydrogen-bond acceptors (Lipinski definition) is 14. The third kappa shape index (κ3) is 6.53. The Kier molecular flexibility index (Phi) is 8.67. The number of aryl methyl sites for hydroxylation is 1. The van der Waals surface area contributed by atoms with E-state index in [0.717, 1.165) is 30.3 Å². The molecule has 5 N–H and O–H groups in total. The van der Waals surface area contributed by atoms with Crippen LogP contribution in [0.3, 0.4) is 0 Å². The van der Waals surface area contributed by atoms with Crippen LogP contribution in [0.2, 0.25) is 0 Å². The molecule has 1 heterocycles. The average molecular weight is 699 g/mol. The lowest BCUT2D eigenvalue weighted by atomic mass is 10.1. The van der Waals surface area contributed by atoms with Gasteiger partial charge in [0.05, 0.1) is 23.4 Å². The zero-order chi connectivity index (χ0) is 35.1. The van der Waals surface area contributed by atoms with Crippen LogP contribution in [-0.4, -0.2) is 72.0 Å². The van der Waals surface area contributed by atoms with E-state index in [1.165, 1.54) is 37.4 Å². The van der Waals surface area contributed by atoms with Gasteiger partial charge in [0.15, 0.2) is 11.5 Å². The number of ether oxygens (including phenoxy) is 1. The van der Waals surface area contributed by atoms with E-state index >= 15 is 0 Å². The number of carbonyl (C=O) groups is 2.